The van der Waals surface area contributed by atoms with E-state index in [1.165, 1.54) is 0 Å². The largest absolute Gasteiger partial charge is 0.411 e. The molecule has 9 heteroatoms. The monoisotopic (exact) mass is 466 g/mol. The lowest BCUT2D eigenvalue weighted by Crippen LogP contribution is -2.50. The highest BCUT2D eigenvalue weighted by atomic mass is 127. The van der Waals surface area contributed by atoms with Crippen LogP contribution in [0.1, 0.15) is 33.1 Å². The van der Waals surface area contributed by atoms with Crippen molar-refractivity contribution < 1.29 is 17.9 Å². The van der Waals surface area contributed by atoms with Gasteiger partial charge in [-0.25, -0.2) is 0 Å². The zero-order chi connectivity index (χ0) is 17.3. The maximum absolute atomic E-state index is 11.9. The number of ether oxygens (including phenoxy) is 1. The molecule has 0 amide bonds. The molecule has 0 saturated carbocycles. The first-order valence-electron chi connectivity index (χ1n) is 8.17. The molecule has 0 spiro atoms. The number of rotatable bonds is 7. The predicted molar refractivity (Wildman–Crippen MR) is 101 cm³/mol. The van der Waals surface area contributed by atoms with Crippen LogP contribution in [0.3, 0.4) is 0 Å². The third-order valence-corrected chi connectivity index (χ3v) is 3.85. The van der Waals surface area contributed by atoms with Crippen molar-refractivity contribution in [3.05, 3.63) is 0 Å². The number of hydrogen-bond acceptors (Lipinski definition) is 3. The molecule has 1 aliphatic rings. The highest BCUT2D eigenvalue weighted by molar-refractivity contribution is 14.0. The van der Waals surface area contributed by atoms with Gasteiger partial charge in [0.1, 0.15) is 6.61 Å². The average molecular weight is 466 g/mol. The molecule has 1 saturated heterocycles. The van der Waals surface area contributed by atoms with Crippen LogP contribution in [0.5, 0.6) is 0 Å². The Morgan fingerprint density at radius 2 is 1.92 bits per heavy atom. The van der Waals surface area contributed by atoms with Gasteiger partial charge in [-0.15, -0.1) is 24.0 Å². The van der Waals surface area contributed by atoms with Gasteiger partial charge in [-0.2, -0.15) is 13.2 Å². The highest BCUT2D eigenvalue weighted by Gasteiger charge is 2.27. The molecule has 1 aliphatic heterocycles. The smallest absolute Gasteiger partial charge is 0.372 e. The summed E-state index contributed by atoms with van der Waals surface area (Å²) in [7, 11) is 1.69. The van der Waals surface area contributed by atoms with Crippen molar-refractivity contribution in [2.45, 2.75) is 51.4 Å². The SMILES string of the molecule is CN=C(NCCCOCC(F)(F)F)NC1CCN(C(C)C)CC1.I. The van der Waals surface area contributed by atoms with Crippen molar-refractivity contribution in [2.75, 3.05) is 39.9 Å². The number of likely N-dealkylation sites (tertiary alicyclic amines) is 1. The Morgan fingerprint density at radius 1 is 1.29 bits per heavy atom. The summed E-state index contributed by atoms with van der Waals surface area (Å²) >= 11 is 0. The fraction of sp³-hybridized carbons (Fsp3) is 0.933. The van der Waals surface area contributed by atoms with Crippen molar-refractivity contribution in [1.82, 2.24) is 15.5 Å². The number of hydrogen-bond donors (Lipinski definition) is 2. The van der Waals surface area contributed by atoms with Crippen molar-refractivity contribution >= 4 is 29.9 Å². The number of aliphatic imine (C=N–C) groups is 1. The third-order valence-electron chi connectivity index (χ3n) is 3.85. The Morgan fingerprint density at radius 3 is 2.42 bits per heavy atom. The van der Waals surface area contributed by atoms with Crippen LogP contribution in [-0.4, -0.2) is 69.0 Å². The maximum Gasteiger partial charge on any atom is 0.411 e. The molecule has 5 nitrogen and oxygen atoms in total. The standard InChI is InChI=1S/C15H29F3N4O.HI/c1-12(2)22-8-5-13(6-9-22)21-14(19-3)20-7-4-10-23-11-15(16,17)18;/h12-13H,4-11H2,1-3H3,(H2,19,20,21);1H. The summed E-state index contributed by atoms with van der Waals surface area (Å²) in [5.41, 5.74) is 0. The molecule has 0 aromatic carbocycles. The van der Waals surface area contributed by atoms with Crippen molar-refractivity contribution in [2.24, 2.45) is 4.99 Å². The summed E-state index contributed by atoms with van der Waals surface area (Å²) < 4.78 is 40.3. The van der Waals surface area contributed by atoms with Crippen molar-refractivity contribution in [3.8, 4) is 0 Å². The lowest BCUT2D eigenvalue weighted by Gasteiger charge is -2.35. The molecule has 0 atom stereocenters. The maximum atomic E-state index is 11.9. The van der Waals surface area contributed by atoms with Gasteiger partial charge in [-0.3, -0.25) is 4.99 Å². The zero-order valence-corrected chi connectivity index (χ0v) is 17.0. The van der Waals surface area contributed by atoms with E-state index in [1.54, 1.807) is 7.05 Å². The second-order valence-corrected chi connectivity index (χ2v) is 6.07. The lowest BCUT2D eigenvalue weighted by atomic mass is 10.0. The number of nitrogens with zero attached hydrogens (tertiary/aromatic N) is 2. The number of guanidine groups is 1. The minimum atomic E-state index is -4.25. The molecule has 1 heterocycles. The van der Waals surface area contributed by atoms with E-state index >= 15 is 0 Å². The summed E-state index contributed by atoms with van der Waals surface area (Å²) in [5.74, 6) is 0.698. The van der Waals surface area contributed by atoms with Crippen molar-refractivity contribution in [3.63, 3.8) is 0 Å². The van der Waals surface area contributed by atoms with Crippen LogP contribution < -0.4 is 10.6 Å². The molecule has 0 aliphatic carbocycles. The first-order chi connectivity index (χ1) is 10.8. The van der Waals surface area contributed by atoms with Gasteiger partial charge < -0.3 is 20.3 Å². The fourth-order valence-corrected chi connectivity index (χ4v) is 2.52. The Kier molecular flexibility index (Phi) is 12.0. The number of halogens is 4. The van der Waals surface area contributed by atoms with Crippen LogP contribution in [0.2, 0.25) is 0 Å². The van der Waals surface area contributed by atoms with Crippen LogP contribution in [0.4, 0.5) is 13.2 Å². The molecule has 1 fully saturated rings. The molecule has 1 rings (SSSR count). The van der Waals surface area contributed by atoms with Gasteiger partial charge in [0.25, 0.3) is 0 Å². The normalized spacial score (nSPS) is 17.7. The fourth-order valence-electron chi connectivity index (χ4n) is 2.52. The van der Waals surface area contributed by atoms with Crippen molar-refractivity contribution in [1.29, 1.82) is 0 Å². The third kappa shape index (κ3) is 10.5. The molecular weight excluding hydrogens is 436 g/mol. The van der Waals surface area contributed by atoms with Gasteiger partial charge in [0.05, 0.1) is 0 Å². The van der Waals surface area contributed by atoms with E-state index in [0.29, 0.717) is 31.0 Å². The predicted octanol–water partition coefficient (Wildman–Crippen LogP) is 2.61. The van der Waals surface area contributed by atoms with Gasteiger partial charge in [0.15, 0.2) is 5.96 Å². The van der Waals surface area contributed by atoms with E-state index in [9.17, 15) is 13.2 Å². The van der Waals surface area contributed by atoms with Crippen LogP contribution >= 0.6 is 24.0 Å². The molecule has 0 aromatic rings. The molecule has 0 unspecified atom stereocenters. The molecule has 0 aromatic heterocycles. The minimum absolute atomic E-state index is 0. The number of alkyl halides is 3. The van der Waals surface area contributed by atoms with Gasteiger partial charge in [0.2, 0.25) is 0 Å². The second-order valence-electron chi connectivity index (χ2n) is 6.07. The minimum Gasteiger partial charge on any atom is -0.372 e. The zero-order valence-electron chi connectivity index (χ0n) is 14.7. The number of piperidine rings is 1. The Bertz CT molecular complexity index is 359. The molecule has 0 bridgehead atoms. The summed E-state index contributed by atoms with van der Waals surface area (Å²) in [6.07, 6.45) is -1.63. The molecule has 2 N–H and O–H groups in total. The quantitative estimate of drug-likeness (QED) is 0.262. The summed E-state index contributed by atoms with van der Waals surface area (Å²) in [6.45, 7) is 5.96. The van der Waals surface area contributed by atoms with E-state index in [0.717, 1.165) is 25.9 Å². The van der Waals surface area contributed by atoms with Gasteiger partial charge in [0, 0.05) is 45.4 Å². The van der Waals surface area contributed by atoms with Gasteiger partial charge >= 0.3 is 6.18 Å². The van der Waals surface area contributed by atoms with Crippen LogP contribution in [0, 0.1) is 0 Å². The van der Waals surface area contributed by atoms with E-state index in [4.69, 9.17) is 0 Å². The first kappa shape index (κ1) is 23.7. The van der Waals surface area contributed by atoms with Crippen LogP contribution in [0.25, 0.3) is 0 Å². The summed E-state index contributed by atoms with van der Waals surface area (Å²) in [5, 5.41) is 6.48. The highest BCUT2D eigenvalue weighted by Crippen LogP contribution is 2.14. The summed E-state index contributed by atoms with van der Waals surface area (Å²) in [4.78, 5) is 6.60. The van der Waals surface area contributed by atoms with E-state index < -0.39 is 12.8 Å². The molecule has 144 valence electrons. The molecule has 0 radical (unpaired) electrons. The number of nitrogens with one attached hydrogen (secondary N) is 2. The summed E-state index contributed by atoms with van der Waals surface area (Å²) in [6, 6.07) is 0.961. The first-order valence-corrected chi connectivity index (χ1v) is 8.17. The molecule has 24 heavy (non-hydrogen) atoms. The Labute approximate surface area is 159 Å². The average Bonchev–Trinajstić information content (AvgIpc) is 2.48. The Hall–Kier alpha value is -0.290. The van der Waals surface area contributed by atoms with E-state index in [2.05, 4.69) is 39.1 Å². The van der Waals surface area contributed by atoms with Crippen LogP contribution in [-0.2, 0) is 4.74 Å². The van der Waals surface area contributed by atoms with E-state index in [1.807, 2.05) is 0 Å². The van der Waals surface area contributed by atoms with Crippen LogP contribution in [0.15, 0.2) is 4.99 Å². The Balaban J connectivity index is 0.00000529. The lowest BCUT2D eigenvalue weighted by molar-refractivity contribution is -0.173. The molecular formula is C15H30F3IN4O. The van der Waals surface area contributed by atoms with Gasteiger partial charge in [-0.1, -0.05) is 0 Å². The second kappa shape index (κ2) is 12.1. The van der Waals surface area contributed by atoms with Gasteiger partial charge in [-0.05, 0) is 33.1 Å². The van der Waals surface area contributed by atoms with E-state index in [-0.39, 0.29) is 30.6 Å². The topological polar surface area (TPSA) is 48.9 Å².